The summed E-state index contributed by atoms with van der Waals surface area (Å²) in [6, 6.07) is 18.8. The fourth-order valence-electron chi connectivity index (χ4n) is 3.56. The van der Waals surface area contributed by atoms with Gasteiger partial charge >= 0.3 is 6.03 Å². The lowest BCUT2D eigenvalue weighted by Gasteiger charge is -2.35. The minimum atomic E-state index is -0.0402. The molecule has 1 aromatic heterocycles. The number of fused-ring (bicyclic) bond motifs is 1. The van der Waals surface area contributed by atoms with Gasteiger partial charge in [0.05, 0.1) is 18.6 Å². The minimum absolute atomic E-state index is 0.0402. The largest absolute Gasteiger partial charge is 0.336 e. The molecule has 0 aliphatic carbocycles. The summed E-state index contributed by atoms with van der Waals surface area (Å²) in [6.07, 6.45) is 3.52. The van der Waals surface area contributed by atoms with Crippen LogP contribution in [-0.4, -0.2) is 27.0 Å². The Kier molecular flexibility index (Phi) is 4.44. The van der Waals surface area contributed by atoms with Gasteiger partial charge in [0.15, 0.2) is 0 Å². The number of aromatic nitrogens is 2. The molecule has 2 aromatic carbocycles. The van der Waals surface area contributed by atoms with E-state index in [0.29, 0.717) is 19.6 Å². The number of carbonyl (C=O) groups excluding carboxylic acids is 1. The molecular weight excluding hydrogens is 324 g/mol. The third kappa shape index (κ3) is 3.20. The number of nitrogens with zero attached hydrogens (tertiary/aromatic N) is 3. The van der Waals surface area contributed by atoms with Crippen molar-refractivity contribution >= 4 is 6.03 Å². The Morgan fingerprint density at radius 3 is 2.69 bits per heavy atom. The molecule has 0 spiro atoms. The molecule has 26 heavy (non-hydrogen) atoms. The van der Waals surface area contributed by atoms with Gasteiger partial charge in [0.25, 0.3) is 0 Å². The molecule has 1 unspecified atom stereocenters. The first kappa shape index (κ1) is 16.4. The van der Waals surface area contributed by atoms with Gasteiger partial charge in [-0.3, -0.25) is 0 Å². The maximum atomic E-state index is 12.8. The monoisotopic (exact) mass is 346 g/mol. The van der Waals surface area contributed by atoms with Crippen molar-refractivity contribution in [2.75, 3.05) is 6.54 Å². The maximum Gasteiger partial charge on any atom is 0.318 e. The van der Waals surface area contributed by atoms with Gasteiger partial charge in [-0.05, 0) is 16.7 Å². The predicted octanol–water partition coefficient (Wildman–Crippen LogP) is 3.28. The van der Waals surface area contributed by atoms with Gasteiger partial charge in [0, 0.05) is 32.3 Å². The molecule has 5 heteroatoms. The molecule has 4 rings (SSSR count). The van der Waals surface area contributed by atoms with Crippen LogP contribution in [0.5, 0.6) is 0 Å². The van der Waals surface area contributed by atoms with Crippen LogP contribution in [0, 0.1) is 0 Å². The highest BCUT2D eigenvalue weighted by molar-refractivity contribution is 5.75. The molecule has 0 bridgehead atoms. The van der Waals surface area contributed by atoms with Crippen molar-refractivity contribution in [1.29, 1.82) is 0 Å². The van der Waals surface area contributed by atoms with E-state index < -0.39 is 0 Å². The first-order chi connectivity index (χ1) is 12.7. The van der Waals surface area contributed by atoms with E-state index >= 15 is 0 Å². The third-order valence-corrected chi connectivity index (χ3v) is 5.02. The summed E-state index contributed by atoms with van der Waals surface area (Å²) in [6.45, 7) is 1.79. The van der Waals surface area contributed by atoms with Gasteiger partial charge in [-0.25, -0.2) is 9.78 Å². The van der Waals surface area contributed by atoms with Gasteiger partial charge in [-0.1, -0.05) is 54.6 Å². The molecule has 132 valence electrons. The van der Waals surface area contributed by atoms with Gasteiger partial charge in [0.2, 0.25) is 0 Å². The quantitative estimate of drug-likeness (QED) is 0.791. The Morgan fingerprint density at radius 1 is 1.15 bits per heavy atom. The third-order valence-electron chi connectivity index (χ3n) is 5.02. The normalized spacial score (nSPS) is 16.2. The zero-order valence-corrected chi connectivity index (χ0v) is 14.8. The lowest BCUT2D eigenvalue weighted by atomic mass is 9.85. The highest BCUT2D eigenvalue weighted by Crippen LogP contribution is 2.33. The molecule has 2 heterocycles. The first-order valence-electron chi connectivity index (χ1n) is 8.83. The van der Waals surface area contributed by atoms with E-state index in [2.05, 4.69) is 52.8 Å². The molecule has 1 N–H and O–H groups in total. The zero-order chi connectivity index (χ0) is 17.9. The lowest BCUT2D eigenvalue weighted by Crippen LogP contribution is -2.44. The van der Waals surface area contributed by atoms with E-state index in [9.17, 15) is 4.79 Å². The van der Waals surface area contributed by atoms with Gasteiger partial charge in [-0.2, -0.15) is 0 Å². The molecular formula is C21H22N4O. The number of hydrogen-bond donors (Lipinski definition) is 1. The van der Waals surface area contributed by atoms with Crippen LogP contribution in [0.4, 0.5) is 4.79 Å². The second-order valence-corrected chi connectivity index (χ2v) is 6.70. The van der Waals surface area contributed by atoms with Crippen molar-refractivity contribution in [2.24, 2.45) is 7.05 Å². The molecule has 0 radical (unpaired) electrons. The number of urea groups is 1. The lowest BCUT2D eigenvalue weighted by molar-refractivity contribution is 0.188. The average molecular weight is 346 g/mol. The van der Waals surface area contributed by atoms with Crippen LogP contribution in [-0.2, 0) is 20.1 Å². The first-order valence-corrected chi connectivity index (χ1v) is 8.83. The Morgan fingerprint density at radius 2 is 1.92 bits per heavy atom. The summed E-state index contributed by atoms with van der Waals surface area (Å²) in [5.74, 6) is 0.198. The molecule has 0 saturated carbocycles. The summed E-state index contributed by atoms with van der Waals surface area (Å²) in [5.41, 5.74) is 4.75. The van der Waals surface area contributed by atoms with Crippen LogP contribution >= 0.6 is 0 Å². The Bertz CT molecular complexity index is 903. The number of carbonyl (C=O) groups is 1. The fourth-order valence-corrected chi connectivity index (χ4v) is 3.56. The summed E-state index contributed by atoms with van der Waals surface area (Å²) < 4.78 is 1.92. The van der Waals surface area contributed by atoms with E-state index in [1.165, 1.54) is 16.7 Å². The van der Waals surface area contributed by atoms with Crippen LogP contribution in [0.1, 0.15) is 28.3 Å². The molecule has 1 aliphatic rings. The highest BCUT2D eigenvalue weighted by Gasteiger charge is 2.28. The molecule has 1 aliphatic heterocycles. The second kappa shape index (κ2) is 7.04. The van der Waals surface area contributed by atoms with Crippen LogP contribution in [0.3, 0.4) is 0 Å². The van der Waals surface area contributed by atoms with Crippen LogP contribution in [0.15, 0.2) is 67.1 Å². The SMILES string of the molecule is Cn1cncc1CNC(=O)N1Cc2ccccc2C(c2ccccc2)C1. The zero-order valence-electron chi connectivity index (χ0n) is 14.8. The Labute approximate surface area is 153 Å². The van der Waals surface area contributed by atoms with Gasteiger partial charge in [-0.15, -0.1) is 0 Å². The molecule has 5 nitrogen and oxygen atoms in total. The number of imidazole rings is 1. The summed E-state index contributed by atoms with van der Waals surface area (Å²) >= 11 is 0. The standard InChI is InChI=1S/C21H22N4O/c1-24-15-22-11-18(24)12-23-21(26)25-13-17-9-5-6-10-19(17)20(14-25)16-7-3-2-4-8-16/h2-11,15,20H,12-14H2,1H3,(H,23,26). The highest BCUT2D eigenvalue weighted by atomic mass is 16.2. The van der Waals surface area contributed by atoms with Crippen molar-refractivity contribution in [3.05, 3.63) is 89.5 Å². The van der Waals surface area contributed by atoms with Crippen molar-refractivity contribution in [3.63, 3.8) is 0 Å². The molecule has 3 aromatic rings. The summed E-state index contributed by atoms with van der Waals surface area (Å²) in [5, 5.41) is 3.02. The number of rotatable bonds is 3. The van der Waals surface area contributed by atoms with Crippen molar-refractivity contribution < 1.29 is 4.79 Å². The molecule has 0 saturated heterocycles. The van der Waals surface area contributed by atoms with Crippen LogP contribution in [0.2, 0.25) is 0 Å². The van der Waals surface area contributed by atoms with E-state index in [1.54, 1.807) is 12.5 Å². The minimum Gasteiger partial charge on any atom is -0.336 e. The second-order valence-electron chi connectivity index (χ2n) is 6.70. The molecule has 0 fully saturated rings. The number of hydrogen-bond acceptors (Lipinski definition) is 2. The molecule has 1 atom stereocenters. The van der Waals surface area contributed by atoms with Gasteiger partial charge < -0.3 is 14.8 Å². The number of amides is 2. The smallest absolute Gasteiger partial charge is 0.318 e. The average Bonchev–Trinajstić information content (AvgIpc) is 3.10. The maximum absolute atomic E-state index is 12.8. The summed E-state index contributed by atoms with van der Waals surface area (Å²) in [4.78, 5) is 18.8. The van der Waals surface area contributed by atoms with E-state index in [-0.39, 0.29) is 11.9 Å². The van der Waals surface area contributed by atoms with Gasteiger partial charge in [0.1, 0.15) is 0 Å². The predicted molar refractivity (Wildman–Crippen MR) is 101 cm³/mol. The van der Waals surface area contributed by atoms with E-state index in [4.69, 9.17) is 0 Å². The Balaban J connectivity index is 1.55. The topological polar surface area (TPSA) is 50.2 Å². The number of nitrogens with one attached hydrogen (secondary N) is 1. The van der Waals surface area contributed by atoms with Crippen LogP contribution < -0.4 is 5.32 Å². The van der Waals surface area contributed by atoms with E-state index in [0.717, 1.165) is 5.69 Å². The Hall–Kier alpha value is -3.08. The molecule has 2 amide bonds. The fraction of sp³-hybridized carbons (Fsp3) is 0.238. The van der Waals surface area contributed by atoms with Crippen molar-refractivity contribution in [3.8, 4) is 0 Å². The summed E-state index contributed by atoms with van der Waals surface area (Å²) in [7, 11) is 1.93. The van der Waals surface area contributed by atoms with E-state index in [1.807, 2.05) is 28.6 Å². The van der Waals surface area contributed by atoms with Crippen molar-refractivity contribution in [1.82, 2.24) is 19.8 Å². The number of aryl methyl sites for hydroxylation is 1. The van der Waals surface area contributed by atoms with Crippen molar-refractivity contribution in [2.45, 2.75) is 19.0 Å². The number of benzene rings is 2. The van der Waals surface area contributed by atoms with Crippen LogP contribution in [0.25, 0.3) is 0 Å².